The van der Waals surface area contributed by atoms with Crippen LogP contribution in [0.1, 0.15) is 20.3 Å². The van der Waals surface area contributed by atoms with Gasteiger partial charge in [-0.25, -0.2) is 9.97 Å². The molecule has 1 atom stereocenters. The quantitative estimate of drug-likeness (QED) is 0.485. The van der Waals surface area contributed by atoms with Gasteiger partial charge in [0.2, 0.25) is 0 Å². The third kappa shape index (κ3) is 3.88. The molecule has 1 aromatic carbocycles. The average Bonchev–Trinajstić information content (AvgIpc) is 3.18. The lowest BCUT2D eigenvalue weighted by Crippen LogP contribution is -2.32. The molecule has 0 saturated heterocycles. The smallest absolute Gasteiger partial charge is 0.164 e. The lowest BCUT2D eigenvalue weighted by molar-refractivity contribution is 0.0697. The fourth-order valence-electron chi connectivity index (χ4n) is 2.82. The van der Waals surface area contributed by atoms with Crippen molar-refractivity contribution in [2.75, 3.05) is 11.9 Å². The monoisotopic (exact) mass is 390 g/mol. The standard InChI is InChI=1S/C22H22N4OS/c1-3-22(2,27)14-24-20-17-12-18(15-8-5-4-6-9-15)28-21(17)26-19(25-20)16-10-7-11-23-13-16/h4-13,27H,3,14H2,1-2H3,(H,24,25,26). The van der Waals surface area contributed by atoms with Crippen LogP contribution < -0.4 is 5.32 Å². The second-order valence-corrected chi connectivity index (χ2v) is 8.07. The molecule has 0 amide bonds. The molecule has 0 saturated carbocycles. The predicted molar refractivity (Wildman–Crippen MR) is 115 cm³/mol. The van der Waals surface area contributed by atoms with Crippen LogP contribution in [0, 0.1) is 0 Å². The Morgan fingerprint density at radius 1 is 1.07 bits per heavy atom. The van der Waals surface area contributed by atoms with Gasteiger partial charge in [-0.05, 0) is 37.1 Å². The Hall–Kier alpha value is -2.83. The highest BCUT2D eigenvalue weighted by Crippen LogP contribution is 2.36. The van der Waals surface area contributed by atoms with Crippen molar-refractivity contribution in [1.82, 2.24) is 15.0 Å². The van der Waals surface area contributed by atoms with Crippen LogP contribution in [0.2, 0.25) is 0 Å². The summed E-state index contributed by atoms with van der Waals surface area (Å²) in [6, 6.07) is 16.2. The number of pyridine rings is 1. The van der Waals surface area contributed by atoms with Gasteiger partial charge in [0, 0.05) is 29.4 Å². The van der Waals surface area contributed by atoms with Crippen molar-refractivity contribution >= 4 is 27.4 Å². The minimum Gasteiger partial charge on any atom is -0.388 e. The third-order valence-electron chi connectivity index (χ3n) is 4.77. The number of rotatable bonds is 6. The lowest BCUT2D eigenvalue weighted by atomic mass is 10.0. The largest absolute Gasteiger partial charge is 0.388 e. The molecule has 0 aliphatic heterocycles. The van der Waals surface area contributed by atoms with Gasteiger partial charge in [-0.1, -0.05) is 37.3 Å². The number of benzene rings is 1. The van der Waals surface area contributed by atoms with E-state index in [0.29, 0.717) is 18.8 Å². The van der Waals surface area contributed by atoms with Gasteiger partial charge >= 0.3 is 0 Å². The molecule has 28 heavy (non-hydrogen) atoms. The first kappa shape index (κ1) is 18.5. The number of fused-ring (bicyclic) bond motifs is 1. The summed E-state index contributed by atoms with van der Waals surface area (Å²) in [5.74, 6) is 1.36. The van der Waals surface area contributed by atoms with E-state index in [1.54, 1.807) is 23.7 Å². The summed E-state index contributed by atoms with van der Waals surface area (Å²) >= 11 is 1.64. The predicted octanol–water partition coefficient (Wildman–Crippen LogP) is 4.99. The molecule has 0 spiro atoms. The number of aliphatic hydroxyl groups is 1. The maximum absolute atomic E-state index is 10.4. The van der Waals surface area contributed by atoms with Gasteiger partial charge in [-0.3, -0.25) is 4.98 Å². The molecule has 2 N–H and O–H groups in total. The van der Waals surface area contributed by atoms with Crippen molar-refractivity contribution in [3.05, 3.63) is 60.9 Å². The summed E-state index contributed by atoms with van der Waals surface area (Å²) in [5, 5.41) is 14.7. The molecular formula is C22H22N4OS. The van der Waals surface area contributed by atoms with E-state index >= 15 is 0 Å². The average molecular weight is 391 g/mol. The first-order chi connectivity index (χ1) is 13.6. The van der Waals surface area contributed by atoms with Crippen molar-refractivity contribution in [2.24, 2.45) is 0 Å². The zero-order valence-electron chi connectivity index (χ0n) is 15.9. The number of hydrogen-bond donors (Lipinski definition) is 2. The molecule has 5 nitrogen and oxygen atoms in total. The number of thiophene rings is 1. The van der Waals surface area contributed by atoms with Crippen LogP contribution in [0.15, 0.2) is 60.9 Å². The molecule has 1 unspecified atom stereocenters. The highest BCUT2D eigenvalue weighted by Gasteiger charge is 2.20. The number of anilines is 1. The second-order valence-electron chi connectivity index (χ2n) is 7.04. The zero-order valence-corrected chi connectivity index (χ0v) is 16.7. The van der Waals surface area contributed by atoms with Crippen molar-refractivity contribution in [2.45, 2.75) is 25.9 Å². The van der Waals surface area contributed by atoms with Crippen LogP contribution in [0.25, 0.3) is 32.0 Å². The third-order valence-corrected chi connectivity index (χ3v) is 5.85. The van der Waals surface area contributed by atoms with Gasteiger partial charge in [0.15, 0.2) is 5.82 Å². The highest BCUT2D eigenvalue weighted by molar-refractivity contribution is 7.21. The molecule has 4 aromatic rings. The van der Waals surface area contributed by atoms with Crippen LogP contribution in [0.4, 0.5) is 5.82 Å². The van der Waals surface area contributed by atoms with Crippen LogP contribution >= 0.6 is 11.3 Å². The summed E-state index contributed by atoms with van der Waals surface area (Å²) in [5.41, 5.74) is 1.22. The number of aromatic nitrogens is 3. The lowest BCUT2D eigenvalue weighted by Gasteiger charge is -2.22. The summed E-state index contributed by atoms with van der Waals surface area (Å²) in [4.78, 5) is 15.8. The Morgan fingerprint density at radius 2 is 1.86 bits per heavy atom. The Balaban J connectivity index is 1.82. The van der Waals surface area contributed by atoms with Gasteiger partial charge < -0.3 is 10.4 Å². The maximum atomic E-state index is 10.4. The molecule has 0 aliphatic rings. The maximum Gasteiger partial charge on any atom is 0.164 e. The first-order valence-electron chi connectivity index (χ1n) is 9.29. The van der Waals surface area contributed by atoms with E-state index in [1.165, 1.54) is 0 Å². The van der Waals surface area contributed by atoms with E-state index in [4.69, 9.17) is 9.97 Å². The van der Waals surface area contributed by atoms with Crippen LogP contribution in [-0.4, -0.2) is 32.2 Å². The van der Waals surface area contributed by atoms with Gasteiger partial charge in [0.25, 0.3) is 0 Å². The number of nitrogens with one attached hydrogen (secondary N) is 1. The van der Waals surface area contributed by atoms with E-state index < -0.39 is 5.60 Å². The molecule has 142 valence electrons. The summed E-state index contributed by atoms with van der Waals surface area (Å²) in [6.07, 6.45) is 4.15. The Kier molecular flexibility index (Phi) is 5.07. The summed E-state index contributed by atoms with van der Waals surface area (Å²) in [6.45, 7) is 4.21. The molecule has 6 heteroatoms. The Bertz CT molecular complexity index is 1080. The molecule has 0 bridgehead atoms. The second kappa shape index (κ2) is 7.66. The van der Waals surface area contributed by atoms with Crippen LogP contribution in [0.5, 0.6) is 0 Å². The molecule has 0 radical (unpaired) electrons. The minimum absolute atomic E-state index is 0.415. The van der Waals surface area contributed by atoms with E-state index in [1.807, 2.05) is 44.2 Å². The highest BCUT2D eigenvalue weighted by atomic mass is 32.1. The zero-order chi connectivity index (χ0) is 19.6. The topological polar surface area (TPSA) is 70.9 Å². The van der Waals surface area contributed by atoms with Gasteiger partial charge in [-0.15, -0.1) is 11.3 Å². The summed E-state index contributed by atoms with van der Waals surface area (Å²) in [7, 11) is 0. The fraction of sp³-hybridized carbons (Fsp3) is 0.227. The van der Waals surface area contributed by atoms with E-state index in [2.05, 4.69) is 28.5 Å². The van der Waals surface area contributed by atoms with Gasteiger partial charge in [-0.2, -0.15) is 0 Å². The summed E-state index contributed by atoms with van der Waals surface area (Å²) < 4.78 is 0. The molecule has 3 heterocycles. The Morgan fingerprint density at radius 3 is 2.57 bits per heavy atom. The van der Waals surface area contributed by atoms with Crippen molar-refractivity contribution in [3.8, 4) is 21.8 Å². The number of nitrogens with zero attached hydrogens (tertiary/aromatic N) is 3. The molecule has 0 aliphatic carbocycles. The molecule has 0 fully saturated rings. The minimum atomic E-state index is -0.802. The van der Waals surface area contributed by atoms with Crippen molar-refractivity contribution in [3.63, 3.8) is 0 Å². The SMILES string of the molecule is CCC(C)(O)CNc1nc(-c2cccnc2)nc2sc(-c3ccccc3)cc12. The molecule has 3 aromatic heterocycles. The van der Waals surface area contributed by atoms with Crippen LogP contribution in [0.3, 0.4) is 0 Å². The Labute approximate surface area is 168 Å². The van der Waals surface area contributed by atoms with Gasteiger partial charge in [0.1, 0.15) is 10.6 Å². The van der Waals surface area contributed by atoms with Crippen molar-refractivity contribution < 1.29 is 5.11 Å². The molecule has 4 rings (SSSR count). The van der Waals surface area contributed by atoms with E-state index in [0.717, 1.165) is 32.0 Å². The van der Waals surface area contributed by atoms with E-state index in [-0.39, 0.29) is 0 Å². The first-order valence-corrected chi connectivity index (χ1v) is 10.1. The van der Waals surface area contributed by atoms with E-state index in [9.17, 15) is 5.11 Å². The molecular weight excluding hydrogens is 368 g/mol. The van der Waals surface area contributed by atoms with Gasteiger partial charge in [0.05, 0.1) is 11.0 Å². The normalized spacial score (nSPS) is 13.4. The fourth-order valence-corrected chi connectivity index (χ4v) is 3.86. The van der Waals surface area contributed by atoms with Crippen molar-refractivity contribution in [1.29, 1.82) is 0 Å². The number of hydrogen-bond acceptors (Lipinski definition) is 6. The van der Waals surface area contributed by atoms with Crippen LogP contribution in [-0.2, 0) is 0 Å².